The molecule has 210 valence electrons. The molecule has 1 aliphatic rings. The average Bonchev–Trinajstić information content (AvgIpc) is 3.29. The molecular formula is C24H25F3N4O6S2. The third-order valence-corrected chi connectivity index (χ3v) is 7.27. The van der Waals surface area contributed by atoms with Crippen LogP contribution in [-0.4, -0.2) is 69.7 Å². The smallest absolute Gasteiger partial charge is 0.394 e. The van der Waals surface area contributed by atoms with Gasteiger partial charge >= 0.3 is 17.8 Å². The number of anilines is 1. The molecule has 1 aromatic heterocycles. The maximum Gasteiger partial charge on any atom is 0.471 e. The number of aromatic nitrogens is 2. The predicted octanol–water partition coefficient (Wildman–Crippen LogP) is 2.55. The van der Waals surface area contributed by atoms with Crippen LogP contribution in [0.15, 0.2) is 41.3 Å². The first kappa shape index (κ1) is 30.5. The van der Waals surface area contributed by atoms with Crippen molar-refractivity contribution in [2.75, 3.05) is 24.7 Å². The molecule has 1 aliphatic heterocycles. The minimum absolute atomic E-state index is 0.0139. The summed E-state index contributed by atoms with van der Waals surface area (Å²) in [7, 11) is 2.98. The maximum absolute atomic E-state index is 12.9. The largest absolute Gasteiger partial charge is 0.471 e. The monoisotopic (exact) mass is 586 g/mol. The number of halogens is 3. The van der Waals surface area contributed by atoms with Crippen molar-refractivity contribution in [3.8, 4) is 11.8 Å². The van der Waals surface area contributed by atoms with Crippen molar-refractivity contribution in [2.45, 2.75) is 43.4 Å². The summed E-state index contributed by atoms with van der Waals surface area (Å²) in [6.45, 7) is 0.819. The highest BCUT2D eigenvalue weighted by Crippen LogP contribution is 2.34. The third-order valence-electron chi connectivity index (χ3n) is 5.31. The van der Waals surface area contributed by atoms with Gasteiger partial charge < -0.3 is 25.2 Å². The number of rotatable bonds is 9. The lowest BCUT2D eigenvalue weighted by Gasteiger charge is -2.20. The molecule has 1 saturated heterocycles. The number of nitrogens with zero attached hydrogens (tertiary/aromatic N) is 2. The summed E-state index contributed by atoms with van der Waals surface area (Å²) in [5.41, 5.74) is -0.773. The standard InChI is InChI=1S/C24H25F3N4O6S2/c1-14(39-38-2)36-17-11-19(37-18(17)13-32)31-12-16(9-6-10-28-22(34)24(25,26)27)20(30-23(31)35)29-21(33)15-7-4-3-5-8-15/h3-5,7-8,12,14,17-19,32H,10-11,13H2,1-2H3,(H,28,34)(H,29,30,33,35)/t14-,17-,18-,19-/m1/s1. The number of carbonyl (C=O) groups excluding carboxylic acids is 2. The van der Waals surface area contributed by atoms with Crippen molar-refractivity contribution in [2.24, 2.45) is 0 Å². The van der Waals surface area contributed by atoms with Crippen molar-refractivity contribution in [3.63, 3.8) is 0 Å². The van der Waals surface area contributed by atoms with E-state index in [-0.39, 0.29) is 35.4 Å². The van der Waals surface area contributed by atoms with Gasteiger partial charge in [0.25, 0.3) is 5.91 Å². The minimum Gasteiger partial charge on any atom is -0.394 e. The minimum atomic E-state index is -5.07. The summed E-state index contributed by atoms with van der Waals surface area (Å²) in [5, 5.41) is 13.9. The van der Waals surface area contributed by atoms with Crippen molar-refractivity contribution in [3.05, 3.63) is 58.1 Å². The molecule has 39 heavy (non-hydrogen) atoms. The second-order valence-corrected chi connectivity index (χ2v) is 10.8. The Morgan fingerprint density at radius 2 is 2.05 bits per heavy atom. The van der Waals surface area contributed by atoms with Gasteiger partial charge in [-0.1, -0.05) is 51.6 Å². The van der Waals surface area contributed by atoms with Gasteiger partial charge in [-0.15, -0.1) is 0 Å². The van der Waals surface area contributed by atoms with Crippen molar-refractivity contribution in [1.82, 2.24) is 14.9 Å². The average molecular weight is 587 g/mol. The number of amides is 2. The number of alkyl halides is 3. The lowest BCUT2D eigenvalue weighted by atomic mass is 10.2. The van der Waals surface area contributed by atoms with Gasteiger partial charge in [-0.25, -0.2) is 4.79 Å². The van der Waals surface area contributed by atoms with Gasteiger partial charge in [0.2, 0.25) is 0 Å². The van der Waals surface area contributed by atoms with Gasteiger partial charge in [-0.3, -0.25) is 14.2 Å². The van der Waals surface area contributed by atoms with E-state index in [9.17, 15) is 32.7 Å². The molecule has 0 saturated carbocycles. The molecule has 15 heteroatoms. The second-order valence-electron chi connectivity index (χ2n) is 8.05. The Kier molecular flexibility index (Phi) is 10.8. The van der Waals surface area contributed by atoms with Crippen molar-refractivity contribution in [1.29, 1.82) is 0 Å². The van der Waals surface area contributed by atoms with E-state index in [1.807, 2.05) is 13.2 Å². The molecule has 2 aromatic rings. The topological polar surface area (TPSA) is 132 Å². The predicted molar refractivity (Wildman–Crippen MR) is 140 cm³/mol. The summed E-state index contributed by atoms with van der Waals surface area (Å²) in [6, 6.07) is 8.05. The Morgan fingerprint density at radius 1 is 1.33 bits per heavy atom. The van der Waals surface area contributed by atoms with Crippen molar-refractivity contribution >= 4 is 39.2 Å². The van der Waals surface area contributed by atoms with Gasteiger partial charge in [-0.05, 0) is 25.3 Å². The highest BCUT2D eigenvalue weighted by atomic mass is 33.1. The molecule has 0 spiro atoms. The van der Waals surface area contributed by atoms with Gasteiger partial charge in [-0.2, -0.15) is 18.2 Å². The molecule has 2 heterocycles. The lowest BCUT2D eigenvalue weighted by molar-refractivity contribution is -0.173. The van der Waals surface area contributed by atoms with Gasteiger partial charge in [0.15, 0.2) is 5.82 Å². The van der Waals surface area contributed by atoms with Crippen molar-refractivity contribution < 1.29 is 37.3 Å². The molecule has 2 amide bonds. The third kappa shape index (κ3) is 8.48. The van der Waals surface area contributed by atoms with Crippen LogP contribution in [0.4, 0.5) is 19.0 Å². The number of carbonyl (C=O) groups is 2. The maximum atomic E-state index is 12.9. The molecule has 0 unspecified atom stereocenters. The first-order valence-corrected chi connectivity index (χ1v) is 14.1. The highest BCUT2D eigenvalue weighted by Gasteiger charge is 2.39. The molecule has 0 bridgehead atoms. The Labute approximate surface area is 229 Å². The van der Waals surface area contributed by atoms with Gasteiger partial charge in [0.1, 0.15) is 17.8 Å². The summed E-state index contributed by atoms with van der Waals surface area (Å²) in [4.78, 5) is 40.6. The van der Waals surface area contributed by atoms with Crippen LogP contribution in [-0.2, 0) is 14.3 Å². The highest BCUT2D eigenvalue weighted by molar-refractivity contribution is 8.76. The zero-order valence-electron chi connectivity index (χ0n) is 20.7. The summed E-state index contributed by atoms with van der Waals surface area (Å²) < 4.78 is 50.2. The van der Waals surface area contributed by atoms with Gasteiger partial charge in [0, 0.05) is 18.2 Å². The van der Waals surface area contributed by atoms with Crippen LogP contribution in [0.5, 0.6) is 0 Å². The fourth-order valence-electron chi connectivity index (χ4n) is 3.58. The van der Waals surface area contributed by atoms with Crippen LogP contribution in [0.3, 0.4) is 0 Å². The molecular weight excluding hydrogens is 561 g/mol. The molecule has 4 atom stereocenters. The van der Waals surface area contributed by atoms with Crippen LogP contribution >= 0.6 is 21.6 Å². The first-order valence-electron chi connectivity index (χ1n) is 11.5. The Hall–Kier alpha value is -3.03. The molecule has 3 rings (SSSR count). The second kappa shape index (κ2) is 13.9. The fourth-order valence-corrected chi connectivity index (χ4v) is 4.99. The van der Waals surface area contributed by atoms with E-state index < -0.39 is 48.7 Å². The summed E-state index contributed by atoms with van der Waals surface area (Å²) in [6.07, 6.45) is -3.90. The molecule has 1 aromatic carbocycles. The Balaban J connectivity index is 1.90. The number of hydrogen-bond acceptors (Lipinski definition) is 9. The molecule has 3 N–H and O–H groups in total. The number of aliphatic hydroxyl groups is 1. The van der Waals surface area contributed by atoms with E-state index in [1.165, 1.54) is 39.9 Å². The number of hydrogen-bond donors (Lipinski definition) is 3. The van der Waals surface area contributed by atoms with Gasteiger partial charge in [0.05, 0.1) is 24.8 Å². The molecule has 10 nitrogen and oxygen atoms in total. The van der Waals surface area contributed by atoms with E-state index in [0.29, 0.717) is 0 Å². The molecule has 1 fully saturated rings. The normalized spacial score (nSPS) is 19.6. The zero-order chi connectivity index (χ0) is 28.6. The van der Waals surface area contributed by atoms with Crippen LogP contribution in [0, 0.1) is 11.8 Å². The Bertz CT molecular complexity index is 1280. The zero-order valence-corrected chi connectivity index (χ0v) is 22.4. The Morgan fingerprint density at radius 3 is 2.69 bits per heavy atom. The van der Waals surface area contributed by atoms with E-state index in [2.05, 4.69) is 22.1 Å². The SMILES string of the molecule is CSS[C@H](C)O[C@@H]1C[C@H](n2cc(C#CCNC(=O)C(F)(F)F)c(NC(=O)c3ccccc3)nc2=O)O[C@@H]1CO. The van der Waals surface area contributed by atoms with Crippen LogP contribution in [0.2, 0.25) is 0 Å². The molecule has 0 aliphatic carbocycles. The quantitative estimate of drug-likeness (QED) is 0.230. The number of ether oxygens (including phenoxy) is 2. The van der Waals surface area contributed by atoms with Crippen LogP contribution in [0.25, 0.3) is 0 Å². The first-order chi connectivity index (χ1) is 18.5. The lowest BCUT2D eigenvalue weighted by Crippen LogP contribution is -2.36. The van der Waals surface area contributed by atoms with Crippen LogP contribution < -0.4 is 16.3 Å². The van der Waals surface area contributed by atoms with Crippen LogP contribution in [0.1, 0.15) is 35.5 Å². The summed E-state index contributed by atoms with van der Waals surface area (Å²) >= 11 is 0. The summed E-state index contributed by atoms with van der Waals surface area (Å²) in [5.74, 6) is 1.92. The number of aliphatic hydroxyl groups excluding tert-OH is 1. The molecule has 0 radical (unpaired) electrons. The van der Waals surface area contributed by atoms with E-state index in [0.717, 1.165) is 4.57 Å². The van der Waals surface area contributed by atoms with E-state index in [4.69, 9.17) is 9.47 Å². The number of nitrogens with one attached hydrogen (secondary N) is 2. The number of benzene rings is 1. The van der Waals surface area contributed by atoms with E-state index in [1.54, 1.807) is 23.5 Å². The fraction of sp³-hybridized carbons (Fsp3) is 0.417. The van der Waals surface area contributed by atoms with E-state index >= 15 is 0 Å².